The van der Waals surface area contributed by atoms with E-state index in [9.17, 15) is 18.0 Å². The predicted octanol–water partition coefficient (Wildman–Crippen LogP) is 2.42. The highest BCUT2D eigenvalue weighted by Gasteiger charge is 2.39. The molecule has 1 aliphatic rings. The van der Waals surface area contributed by atoms with Gasteiger partial charge in [0.25, 0.3) is 0 Å². The van der Waals surface area contributed by atoms with Gasteiger partial charge in [0.15, 0.2) is 10.8 Å². The van der Waals surface area contributed by atoms with Crippen molar-refractivity contribution >= 4 is 38.4 Å². The topological polar surface area (TPSA) is 106 Å². The van der Waals surface area contributed by atoms with Gasteiger partial charge in [-0.25, -0.2) is 18.2 Å². The minimum Gasteiger partial charge on any atom is -0.461 e. The van der Waals surface area contributed by atoms with Crippen molar-refractivity contribution in [3.8, 4) is 0 Å². The van der Waals surface area contributed by atoms with Crippen molar-refractivity contribution in [1.29, 1.82) is 0 Å². The summed E-state index contributed by atoms with van der Waals surface area (Å²) in [6, 6.07) is 5.73. The fourth-order valence-corrected chi connectivity index (χ4v) is 5.29. The normalized spacial score (nSPS) is 17.4. The molecule has 8 nitrogen and oxygen atoms in total. The summed E-state index contributed by atoms with van der Waals surface area (Å²) in [5, 5.41) is 4.34. The Kier molecular flexibility index (Phi) is 6.11. The largest absolute Gasteiger partial charge is 0.461 e. The second kappa shape index (κ2) is 8.38. The van der Waals surface area contributed by atoms with Gasteiger partial charge in [-0.15, -0.1) is 11.3 Å². The molecule has 0 bridgehead atoms. The molecule has 3 rings (SSSR count). The Morgan fingerprint density at radius 1 is 1.32 bits per heavy atom. The van der Waals surface area contributed by atoms with Crippen LogP contribution in [0.1, 0.15) is 35.8 Å². The van der Waals surface area contributed by atoms with E-state index in [1.165, 1.54) is 9.69 Å². The van der Waals surface area contributed by atoms with Gasteiger partial charge < -0.3 is 10.1 Å². The van der Waals surface area contributed by atoms with E-state index >= 15 is 0 Å². The van der Waals surface area contributed by atoms with Crippen molar-refractivity contribution in [2.75, 3.05) is 18.5 Å². The van der Waals surface area contributed by atoms with Crippen molar-refractivity contribution in [3.05, 3.63) is 40.9 Å². The number of aromatic nitrogens is 1. The minimum absolute atomic E-state index is 0.109. The highest BCUT2D eigenvalue weighted by Crippen LogP contribution is 2.27. The Balaban J connectivity index is 1.74. The van der Waals surface area contributed by atoms with Crippen molar-refractivity contribution in [1.82, 2.24) is 9.29 Å². The summed E-state index contributed by atoms with van der Waals surface area (Å²) in [6.07, 6.45) is 1.02. The molecule has 1 saturated heterocycles. The van der Waals surface area contributed by atoms with Crippen LogP contribution < -0.4 is 5.32 Å². The van der Waals surface area contributed by atoms with E-state index in [-0.39, 0.29) is 28.9 Å². The summed E-state index contributed by atoms with van der Waals surface area (Å²) in [7, 11) is -3.78. The van der Waals surface area contributed by atoms with E-state index in [1.54, 1.807) is 31.2 Å². The van der Waals surface area contributed by atoms with E-state index in [0.29, 0.717) is 12.8 Å². The molecule has 1 aliphatic heterocycles. The Hall–Kier alpha value is -2.30. The molecule has 1 aromatic heterocycles. The number of hydrogen-bond donors (Lipinski definition) is 1. The number of rotatable bonds is 6. The average Bonchev–Trinajstić information content (AvgIpc) is 3.32. The second-order valence-corrected chi connectivity index (χ2v) is 9.08. The van der Waals surface area contributed by atoms with Gasteiger partial charge in [0.05, 0.1) is 11.5 Å². The number of nitrogens with zero attached hydrogens (tertiary/aromatic N) is 2. The Labute approximate surface area is 167 Å². The number of esters is 1. The first-order valence-electron chi connectivity index (χ1n) is 8.85. The number of benzene rings is 1. The molecule has 1 amide bonds. The third-order valence-electron chi connectivity index (χ3n) is 4.35. The molecule has 1 fully saturated rings. The Bertz CT molecular complexity index is 969. The first kappa shape index (κ1) is 20.4. The lowest BCUT2D eigenvalue weighted by Crippen LogP contribution is -2.43. The van der Waals surface area contributed by atoms with Gasteiger partial charge in [-0.1, -0.05) is 17.7 Å². The third-order valence-corrected chi connectivity index (χ3v) is 7.03. The molecule has 0 radical (unpaired) electrons. The maximum atomic E-state index is 13.0. The van der Waals surface area contributed by atoms with Gasteiger partial charge in [0, 0.05) is 11.9 Å². The molecule has 10 heteroatoms. The molecule has 1 N–H and O–H groups in total. The molecule has 1 atom stereocenters. The first-order chi connectivity index (χ1) is 13.3. The number of carbonyl (C=O) groups excluding carboxylic acids is 2. The molecule has 0 aliphatic carbocycles. The zero-order valence-electron chi connectivity index (χ0n) is 15.5. The molecule has 2 aromatic rings. The van der Waals surface area contributed by atoms with Crippen molar-refractivity contribution < 1.29 is 22.7 Å². The van der Waals surface area contributed by atoms with E-state index in [1.807, 2.05) is 6.92 Å². The van der Waals surface area contributed by atoms with Gasteiger partial charge in [0.1, 0.15) is 6.04 Å². The van der Waals surface area contributed by atoms with E-state index in [2.05, 4.69) is 10.3 Å². The number of thiazole rings is 1. The Morgan fingerprint density at radius 2 is 2.04 bits per heavy atom. The number of carbonyl (C=O) groups is 2. The van der Waals surface area contributed by atoms with Gasteiger partial charge >= 0.3 is 5.97 Å². The van der Waals surface area contributed by atoms with Crippen LogP contribution in [0.3, 0.4) is 0 Å². The van der Waals surface area contributed by atoms with Crippen LogP contribution in [0.4, 0.5) is 5.13 Å². The first-order valence-corrected chi connectivity index (χ1v) is 11.2. The summed E-state index contributed by atoms with van der Waals surface area (Å²) < 4.78 is 32.0. The summed E-state index contributed by atoms with van der Waals surface area (Å²) in [6.45, 7) is 4.07. The van der Waals surface area contributed by atoms with Gasteiger partial charge in [-0.2, -0.15) is 4.31 Å². The molecule has 0 saturated carbocycles. The summed E-state index contributed by atoms with van der Waals surface area (Å²) in [5.74, 6) is -1.03. The monoisotopic (exact) mass is 423 g/mol. The Morgan fingerprint density at radius 3 is 2.71 bits per heavy atom. The lowest BCUT2D eigenvalue weighted by Gasteiger charge is -2.23. The van der Waals surface area contributed by atoms with Gasteiger partial charge in [-0.05, 0) is 38.8 Å². The fourth-order valence-electron chi connectivity index (χ4n) is 2.95. The predicted molar refractivity (Wildman–Crippen MR) is 105 cm³/mol. The quantitative estimate of drug-likeness (QED) is 0.716. The summed E-state index contributed by atoms with van der Waals surface area (Å²) >= 11 is 1.09. The van der Waals surface area contributed by atoms with Crippen LogP contribution in [0.5, 0.6) is 0 Å². The average molecular weight is 424 g/mol. The van der Waals surface area contributed by atoms with E-state index < -0.39 is 27.9 Å². The highest BCUT2D eigenvalue weighted by atomic mass is 32.2. The van der Waals surface area contributed by atoms with Crippen LogP contribution in [-0.4, -0.2) is 48.8 Å². The highest BCUT2D eigenvalue weighted by molar-refractivity contribution is 7.89. The number of aryl methyl sites for hydroxylation is 1. The van der Waals surface area contributed by atoms with Crippen molar-refractivity contribution in [3.63, 3.8) is 0 Å². The van der Waals surface area contributed by atoms with Crippen LogP contribution in [0.15, 0.2) is 34.5 Å². The standard InChI is InChI=1S/C18H21N3O5S2/c1-3-26-17(23)14-11-27-18(19-14)20-16(22)15-5-4-10-21(15)28(24,25)13-8-6-12(2)7-9-13/h6-9,11,15H,3-5,10H2,1-2H3,(H,19,20,22)/t15-/m0/s1. The minimum atomic E-state index is -3.78. The molecule has 0 unspecified atom stereocenters. The molecule has 2 heterocycles. The van der Waals surface area contributed by atoms with Crippen LogP contribution in [0.2, 0.25) is 0 Å². The summed E-state index contributed by atoms with van der Waals surface area (Å²) in [4.78, 5) is 28.6. The lowest BCUT2D eigenvalue weighted by molar-refractivity contribution is -0.119. The number of sulfonamides is 1. The van der Waals surface area contributed by atoms with Crippen LogP contribution >= 0.6 is 11.3 Å². The van der Waals surface area contributed by atoms with E-state index in [0.717, 1.165) is 16.9 Å². The maximum Gasteiger partial charge on any atom is 0.357 e. The third kappa shape index (κ3) is 4.23. The van der Waals surface area contributed by atoms with Gasteiger partial charge in [-0.3, -0.25) is 4.79 Å². The number of amides is 1. The molecule has 1 aromatic carbocycles. The van der Waals surface area contributed by atoms with Crippen molar-refractivity contribution in [2.45, 2.75) is 37.6 Å². The molecule has 150 valence electrons. The number of hydrogen-bond acceptors (Lipinski definition) is 7. The smallest absolute Gasteiger partial charge is 0.357 e. The van der Waals surface area contributed by atoms with Crippen LogP contribution in [0, 0.1) is 6.92 Å². The molecular formula is C18H21N3O5S2. The fraction of sp³-hybridized carbons (Fsp3) is 0.389. The van der Waals surface area contributed by atoms with Crippen LogP contribution in [-0.2, 0) is 19.6 Å². The summed E-state index contributed by atoms with van der Waals surface area (Å²) in [5.41, 5.74) is 1.06. The second-order valence-electron chi connectivity index (χ2n) is 6.33. The van der Waals surface area contributed by atoms with Crippen LogP contribution in [0.25, 0.3) is 0 Å². The SMILES string of the molecule is CCOC(=O)c1csc(NC(=O)[C@@H]2CCCN2S(=O)(=O)c2ccc(C)cc2)n1. The number of anilines is 1. The lowest BCUT2D eigenvalue weighted by atomic mass is 10.2. The van der Waals surface area contributed by atoms with Crippen molar-refractivity contribution in [2.24, 2.45) is 0 Å². The zero-order chi connectivity index (χ0) is 20.3. The molecular weight excluding hydrogens is 402 g/mol. The number of nitrogens with one attached hydrogen (secondary N) is 1. The van der Waals surface area contributed by atoms with E-state index in [4.69, 9.17) is 4.74 Å². The molecule has 0 spiro atoms. The van der Waals surface area contributed by atoms with Gasteiger partial charge in [0.2, 0.25) is 15.9 Å². The molecule has 28 heavy (non-hydrogen) atoms. The maximum absolute atomic E-state index is 13.0. The zero-order valence-corrected chi connectivity index (χ0v) is 17.2. The number of ether oxygens (including phenoxy) is 1.